The molecule has 0 aromatic rings. The lowest BCUT2D eigenvalue weighted by atomic mass is 11.1. The zero-order valence-electron chi connectivity index (χ0n) is 3.49. The van der Waals surface area contributed by atoms with Crippen molar-refractivity contribution in [1.29, 1.82) is 0 Å². The molecule has 0 heterocycles. The summed E-state index contributed by atoms with van der Waals surface area (Å²) in [7, 11) is 1.47. The van der Waals surface area contributed by atoms with Gasteiger partial charge in [-0.25, -0.2) is 4.79 Å². The Bertz CT molecular complexity index is 44.8. The van der Waals surface area contributed by atoms with Crippen LogP contribution < -0.4 is 11.1 Å². The van der Waals surface area contributed by atoms with Crippen molar-refractivity contribution in [2.24, 2.45) is 5.73 Å². The van der Waals surface area contributed by atoms with Crippen LogP contribution in [-0.2, 0) is 0 Å². The molecule has 0 bridgehead atoms. The molecule has 0 aliphatic carbocycles. The molecule has 0 spiro atoms. The molecular formula is C2H8N2O2. The van der Waals surface area contributed by atoms with Crippen LogP contribution in [0.1, 0.15) is 0 Å². The van der Waals surface area contributed by atoms with Gasteiger partial charge >= 0.3 is 6.03 Å². The Kier molecular flexibility index (Phi) is 6.32. The van der Waals surface area contributed by atoms with Gasteiger partial charge in [-0.15, -0.1) is 0 Å². The van der Waals surface area contributed by atoms with E-state index < -0.39 is 6.03 Å². The van der Waals surface area contributed by atoms with E-state index in [1.165, 1.54) is 7.05 Å². The Morgan fingerprint density at radius 3 is 2.00 bits per heavy atom. The summed E-state index contributed by atoms with van der Waals surface area (Å²) in [6.45, 7) is 0. The monoisotopic (exact) mass is 92.1 g/mol. The van der Waals surface area contributed by atoms with E-state index in [2.05, 4.69) is 11.1 Å². The van der Waals surface area contributed by atoms with Crippen LogP contribution in [0.4, 0.5) is 4.79 Å². The number of carbonyl (C=O) groups excluding carboxylic acids is 1. The first-order valence-electron chi connectivity index (χ1n) is 1.24. The van der Waals surface area contributed by atoms with Gasteiger partial charge in [0.2, 0.25) is 0 Å². The normalized spacial score (nSPS) is 5.50. The van der Waals surface area contributed by atoms with Crippen LogP contribution in [0.15, 0.2) is 0 Å². The molecule has 0 radical (unpaired) electrons. The van der Waals surface area contributed by atoms with E-state index in [1.807, 2.05) is 0 Å². The molecule has 0 saturated heterocycles. The summed E-state index contributed by atoms with van der Waals surface area (Å²) in [4.78, 5) is 9.48. The third kappa shape index (κ3) is 10.6. The van der Waals surface area contributed by atoms with Crippen LogP contribution in [0, 0.1) is 0 Å². The molecule has 4 nitrogen and oxygen atoms in total. The molecule has 4 heteroatoms. The summed E-state index contributed by atoms with van der Waals surface area (Å²) >= 11 is 0. The smallest absolute Gasteiger partial charge is 0.311 e. The van der Waals surface area contributed by atoms with Gasteiger partial charge in [0, 0.05) is 7.05 Å². The number of hydrogen-bond donors (Lipinski definition) is 2. The molecule has 0 saturated carbocycles. The molecule has 0 aliphatic rings. The van der Waals surface area contributed by atoms with E-state index in [0.29, 0.717) is 0 Å². The van der Waals surface area contributed by atoms with Crippen molar-refractivity contribution in [3.63, 3.8) is 0 Å². The maximum Gasteiger partial charge on any atom is 0.311 e. The molecule has 0 aliphatic heterocycles. The Morgan fingerprint density at radius 2 is 2.00 bits per heavy atom. The van der Waals surface area contributed by atoms with Crippen molar-refractivity contribution >= 4 is 6.03 Å². The first-order valence-corrected chi connectivity index (χ1v) is 1.24. The molecule has 0 fully saturated rings. The van der Waals surface area contributed by atoms with Gasteiger partial charge in [0.05, 0.1) is 0 Å². The maximum absolute atomic E-state index is 9.48. The highest BCUT2D eigenvalue weighted by atomic mass is 16.2. The number of hydrogen-bond acceptors (Lipinski definition) is 1. The van der Waals surface area contributed by atoms with Gasteiger partial charge in [-0.05, 0) is 0 Å². The summed E-state index contributed by atoms with van der Waals surface area (Å²) in [6, 6.07) is -0.495. The second-order valence-electron chi connectivity index (χ2n) is 0.614. The second-order valence-corrected chi connectivity index (χ2v) is 0.614. The molecule has 6 heavy (non-hydrogen) atoms. The first-order chi connectivity index (χ1) is 2.27. The minimum Gasteiger partial charge on any atom is -0.412 e. The van der Waals surface area contributed by atoms with E-state index >= 15 is 0 Å². The molecule has 5 N–H and O–H groups in total. The summed E-state index contributed by atoms with van der Waals surface area (Å²) in [5.74, 6) is 0. The third-order valence-corrected chi connectivity index (χ3v) is 0.246. The Labute approximate surface area is 35.6 Å². The number of rotatable bonds is 0. The highest BCUT2D eigenvalue weighted by Crippen LogP contribution is 1.38. The average molecular weight is 92.1 g/mol. The average Bonchev–Trinajstić information content (AvgIpc) is 1.38. The van der Waals surface area contributed by atoms with E-state index in [1.54, 1.807) is 0 Å². The molecule has 0 atom stereocenters. The van der Waals surface area contributed by atoms with Crippen LogP contribution in [0.5, 0.6) is 0 Å². The lowest BCUT2D eigenvalue weighted by Crippen LogP contribution is -2.24. The molecule has 38 valence electrons. The lowest BCUT2D eigenvalue weighted by molar-refractivity contribution is 0.251. The SMILES string of the molecule is CNC(N)=O.O. The van der Waals surface area contributed by atoms with Crippen molar-refractivity contribution in [3.8, 4) is 0 Å². The number of primary amides is 1. The zero-order valence-corrected chi connectivity index (χ0v) is 3.49. The van der Waals surface area contributed by atoms with Gasteiger partial charge in [0.1, 0.15) is 0 Å². The minimum atomic E-state index is -0.495. The zero-order chi connectivity index (χ0) is 4.28. The number of nitrogens with one attached hydrogen (secondary N) is 1. The predicted octanol–water partition coefficient (Wildman–Crippen LogP) is -1.54. The van der Waals surface area contributed by atoms with Crippen LogP contribution in [-0.4, -0.2) is 18.6 Å². The van der Waals surface area contributed by atoms with Gasteiger partial charge < -0.3 is 16.5 Å². The number of amides is 2. The Hall–Kier alpha value is -0.770. The fourth-order valence-corrected chi connectivity index (χ4v) is 0. The molecule has 0 unspecified atom stereocenters. The van der Waals surface area contributed by atoms with Crippen LogP contribution >= 0.6 is 0 Å². The van der Waals surface area contributed by atoms with E-state index in [-0.39, 0.29) is 5.48 Å². The van der Waals surface area contributed by atoms with Gasteiger partial charge in [0.25, 0.3) is 0 Å². The van der Waals surface area contributed by atoms with Gasteiger partial charge in [0.15, 0.2) is 0 Å². The Morgan fingerprint density at radius 1 is 1.83 bits per heavy atom. The molecule has 2 amide bonds. The quantitative estimate of drug-likeness (QED) is 0.372. The van der Waals surface area contributed by atoms with E-state index in [0.717, 1.165) is 0 Å². The van der Waals surface area contributed by atoms with Crippen molar-refractivity contribution in [2.45, 2.75) is 0 Å². The van der Waals surface area contributed by atoms with Gasteiger partial charge in [-0.3, -0.25) is 0 Å². The van der Waals surface area contributed by atoms with Crippen LogP contribution in [0.25, 0.3) is 0 Å². The Balaban J connectivity index is 0. The first kappa shape index (κ1) is 8.97. The highest BCUT2D eigenvalue weighted by molar-refractivity contribution is 5.71. The number of nitrogens with two attached hydrogens (primary N) is 1. The van der Waals surface area contributed by atoms with Crippen molar-refractivity contribution in [1.82, 2.24) is 5.32 Å². The maximum atomic E-state index is 9.48. The molecular weight excluding hydrogens is 84.0 g/mol. The summed E-state index contributed by atoms with van der Waals surface area (Å²) < 4.78 is 0. The van der Waals surface area contributed by atoms with Crippen molar-refractivity contribution in [3.05, 3.63) is 0 Å². The van der Waals surface area contributed by atoms with Gasteiger partial charge in [-0.1, -0.05) is 0 Å². The predicted molar refractivity (Wildman–Crippen MR) is 22.3 cm³/mol. The highest BCUT2D eigenvalue weighted by Gasteiger charge is 1.72. The fraction of sp³-hybridized carbons (Fsp3) is 0.500. The van der Waals surface area contributed by atoms with Crippen molar-refractivity contribution in [2.75, 3.05) is 7.05 Å². The largest absolute Gasteiger partial charge is 0.412 e. The minimum absolute atomic E-state index is 0. The molecule has 0 aromatic heterocycles. The van der Waals surface area contributed by atoms with E-state index in [9.17, 15) is 4.79 Å². The van der Waals surface area contributed by atoms with E-state index in [4.69, 9.17) is 0 Å². The van der Waals surface area contributed by atoms with Gasteiger partial charge in [-0.2, -0.15) is 0 Å². The van der Waals surface area contributed by atoms with Crippen molar-refractivity contribution < 1.29 is 10.3 Å². The number of urea groups is 1. The fourth-order valence-electron chi connectivity index (χ4n) is 0. The standard InChI is InChI=1S/C2H6N2O.H2O/c1-4-2(3)5;/h1H3,(H3,3,4,5);1H2. The summed E-state index contributed by atoms with van der Waals surface area (Å²) in [6.07, 6.45) is 0. The molecule has 0 rings (SSSR count). The number of carbonyl (C=O) groups is 1. The second kappa shape index (κ2) is 4.23. The summed E-state index contributed by atoms with van der Waals surface area (Å²) in [5, 5.41) is 2.17. The van der Waals surface area contributed by atoms with Crippen LogP contribution in [0.3, 0.4) is 0 Å². The third-order valence-electron chi connectivity index (χ3n) is 0.246. The lowest BCUT2D eigenvalue weighted by Gasteiger charge is -1.80. The van der Waals surface area contributed by atoms with Crippen LogP contribution in [0.2, 0.25) is 0 Å². The summed E-state index contributed by atoms with van der Waals surface area (Å²) in [5.41, 5.74) is 4.54. The topological polar surface area (TPSA) is 86.6 Å². The molecule has 0 aromatic carbocycles.